The minimum absolute atomic E-state index is 0.785. The normalized spacial score (nSPS) is 46.2. The zero-order valence-corrected chi connectivity index (χ0v) is 9.91. The Morgan fingerprint density at radius 3 is 2.73 bits per heavy atom. The largest absolute Gasteiger partial charge is 0.310 e. The predicted molar refractivity (Wildman–Crippen MR) is 62.9 cm³/mol. The second-order valence-electron chi connectivity index (χ2n) is 6.05. The third-order valence-electron chi connectivity index (χ3n) is 4.81. The van der Waals surface area contributed by atoms with Crippen LogP contribution in [-0.2, 0) is 0 Å². The van der Waals surface area contributed by atoms with Crippen molar-refractivity contribution in [3.63, 3.8) is 0 Å². The smallest absolute Gasteiger partial charge is 0.0198 e. The molecule has 0 amide bonds. The Kier molecular flexibility index (Phi) is 2.73. The lowest BCUT2D eigenvalue weighted by Gasteiger charge is -2.34. The van der Waals surface area contributed by atoms with Crippen LogP contribution in [0.25, 0.3) is 0 Å². The van der Waals surface area contributed by atoms with E-state index >= 15 is 0 Å². The van der Waals surface area contributed by atoms with Crippen molar-refractivity contribution in [3.05, 3.63) is 0 Å². The molecule has 4 unspecified atom stereocenters. The minimum atomic E-state index is 0.785. The van der Waals surface area contributed by atoms with E-state index in [4.69, 9.17) is 0 Å². The number of hydrogen-bond donors (Lipinski definition) is 1. The Bertz CT molecular complexity index is 229. The molecule has 2 saturated carbocycles. The van der Waals surface area contributed by atoms with E-state index in [0.717, 1.165) is 23.9 Å². The predicted octanol–water partition coefficient (Wildman–Crippen LogP) is 1.86. The summed E-state index contributed by atoms with van der Waals surface area (Å²) in [7, 11) is 2.26. The average molecular weight is 208 g/mol. The molecule has 1 saturated heterocycles. The van der Waals surface area contributed by atoms with Crippen LogP contribution in [-0.4, -0.2) is 37.1 Å². The maximum atomic E-state index is 3.94. The van der Waals surface area contributed by atoms with Gasteiger partial charge >= 0.3 is 0 Å². The first-order valence-electron chi connectivity index (χ1n) is 6.76. The molecule has 0 aromatic carbocycles. The summed E-state index contributed by atoms with van der Waals surface area (Å²) in [5.41, 5.74) is 0. The lowest BCUT2D eigenvalue weighted by atomic mass is 9.93. The summed E-state index contributed by atoms with van der Waals surface area (Å²) >= 11 is 0. The van der Waals surface area contributed by atoms with Crippen LogP contribution in [0.4, 0.5) is 0 Å². The molecule has 1 N–H and O–H groups in total. The number of piperidine rings is 1. The van der Waals surface area contributed by atoms with Crippen molar-refractivity contribution in [3.8, 4) is 0 Å². The Morgan fingerprint density at radius 1 is 1.13 bits per heavy atom. The van der Waals surface area contributed by atoms with Crippen LogP contribution in [0.1, 0.15) is 38.5 Å². The molecular formula is C13H24N2. The monoisotopic (exact) mass is 208 g/mol. The SMILES string of the molecule is CN1CCCC(NC2CC3CCC2C3)C1. The third kappa shape index (κ3) is 2.07. The number of likely N-dealkylation sites (N-methyl/N-ethyl adjacent to an activating group) is 1. The fraction of sp³-hybridized carbons (Fsp3) is 1.00. The summed E-state index contributed by atoms with van der Waals surface area (Å²) in [4.78, 5) is 2.48. The molecule has 4 atom stereocenters. The quantitative estimate of drug-likeness (QED) is 0.745. The molecule has 86 valence electrons. The molecule has 2 heteroatoms. The highest BCUT2D eigenvalue weighted by molar-refractivity contribution is 4.96. The molecule has 3 rings (SSSR count). The van der Waals surface area contributed by atoms with E-state index in [1.807, 2.05) is 0 Å². The van der Waals surface area contributed by atoms with Crippen molar-refractivity contribution in [2.75, 3.05) is 20.1 Å². The van der Waals surface area contributed by atoms with Crippen LogP contribution >= 0.6 is 0 Å². The molecule has 0 aromatic heterocycles. The van der Waals surface area contributed by atoms with E-state index in [2.05, 4.69) is 17.3 Å². The first-order valence-corrected chi connectivity index (χ1v) is 6.76. The molecule has 0 aromatic rings. The second-order valence-corrected chi connectivity index (χ2v) is 6.05. The van der Waals surface area contributed by atoms with Gasteiger partial charge in [0, 0.05) is 18.6 Å². The lowest BCUT2D eigenvalue weighted by Crippen LogP contribution is -2.49. The Hall–Kier alpha value is -0.0800. The van der Waals surface area contributed by atoms with Gasteiger partial charge in [-0.15, -0.1) is 0 Å². The summed E-state index contributed by atoms with van der Waals surface area (Å²) in [6.07, 6.45) is 8.82. The van der Waals surface area contributed by atoms with Gasteiger partial charge in [-0.2, -0.15) is 0 Å². The standard InChI is InChI=1S/C13H24N2/c1-15-6-2-3-12(9-15)14-13-8-10-4-5-11(13)7-10/h10-14H,2-9H2,1H3. The molecule has 0 radical (unpaired) electrons. The molecule has 3 aliphatic rings. The Labute approximate surface area is 93.4 Å². The van der Waals surface area contributed by atoms with Crippen LogP contribution in [0.5, 0.6) is 0 Å². The van der Waals surface area contributed by atoms with Crippen molar-refractivity contribution < 1.29 is 0 Å². The van der Waals surface area contributed by atoms with Gasteiger partial charge in [0.2, 0.25) is 0 Å². The summed E-state index contributed by atoms with van der Waals surface area (Å²) in [5.74, 6) is 2.11. The molecule has 2 aliphatic carbocycles. The maximum Gasteiger partial charge on any atom is 0.0198 e. The summed E-state index contributed by atoms with van der Waals surface area (Å²) < 4.78 is 0. The van der Waals surface area contributed by atoms with Gasteiger partial charge < -0.3 is 10.2 Å². The number of nitrogens with one attached hydrogen (secondary N) is 1. The highest BCUT2D eigenvalue weighted by atomic mass is 15.1. The Morgan fingerprint density at radius 2 is 2.07 bits per heavy atom. The number of nitrogens with zero attached hydrogens (tertiary/aromatic N) is 1. The zero-order chi connectivity index (χ0) is 10.3. The molecule has 1 aliphatic heterocycles. The molecule has 1 heterocycles. The number of rotatable bonds is 2. The summed E-state index contributed by atoms with van der Waals surface area (Å²) in [5, 5.41) is 3.94. The van der Waals surface area contributed by atoms with Crippen LogP contribution in [0.15, 0.2) is 0 Å². The molecular weight excluding hydrogens is 184 g/mol. The van der Waals surface area contributed by atoms with Gasteiger partial charge in [-0.3, -0.25) is 0 Å². The van der Waals surface area contributed by atoms with Gasteiger partial charge in [-0.05, 0) is 57.5 Å². The summed E-state index contributed by atoms with van der Waals surface area (Å²) in [6.45, 7) is 2.57. The van der Waals surface area contributed by atoms with Gasteiger partial charge in [0.25, 0.3) is 0 Å². The average Bonchev–Trinajstić information content (AvgIpc) is 2.79. The Balaban J connectivity index is 1.52. The maximum absolute atomic E-state index is 3.94. The number of likely N-dealkylation sites (tertiary alicyclic amines) is 1. The molecule has 3 fully saturated rings. The molecule has 15 heavy (non-hydrogen) atoms. The van der Waals surface area contributed by atoms with Crippen LogP contribution in [0, 0.1) is 11.8 Å². The van der Waals surface area contributed by atoms with Gasteiger partial charge in [-0.1, -0.05) is 6.42 Å². The van der Waals surface area contributed by atoms with Crippen molar-refractivity contribution in [1.29, 1.82) is 0 Å². The third-order valence-corrected chi connectivity index (χ3v) is 4.81. The number of fused-ring (bicyclic) bond motifs is 2. The van der Waals surface area contributed by atoms with Gasteiger partial charge in [0.05, 0.1) is 0 Å². The second kappa shape index (κ2) is 4.06. The van der Waals surface area contributed by atoms with Crippen molar-refractivity contribution in [2.45, 2.75) is 50.6 Å². The van der Waals surface area contributed by atoms with Crippen LogP contribution in [0.3, 0.4) is 0 Å². The van der Waals surface area contributed by atoms with Crippen LogP contribution in [0.2, 0.25) is 0 Å². The highest BCUT2D eigenvalue weighted by Crippen LogP contribution is 2.44. The topological polar surface area (TPSA) is 15.3 Å². The zero-order valence-electron chi connectivity index (χ0n) is 9.91. The van der Waals surface area contributed by atoms with E-state index in [1.165, 1.54) is 51.6 Å². The van der Waals surface area contributed by atoms with Crippen LogP contribution < -0.4 is 5.32 Å². The highest BCUT2D eigenvalue weighted by Gasteiger charge is 2.40. The summed E-state index contributed by atoms with van der Waals surface area (Å²) in [6, 6.07) is 1.66. The first-order chi connectivity index (χ1) is 7.31. The lowest BCUT2D eigenvalue weighted by molar-refractivity contribution is 0.200. The van der Waals surface area contributed by atoms with E-state index in [-0.39, 0.29) is 0 Å². The minimum Gasteiger partial charge on any atom is -0.310 e. The van der Waals surface area contributed by atoms with E-state index in [1.54, 1.807) is 0 Å². The van der Waals surface area contributed by atoms with Crippen molar-refractivity contribution in [2.24, 2.45) is 11.8 Å². The fourth-order valence-corrected chi connectivity index (χ4v) is 4.05. The molecule has 0 spiro atoms. The molecule has 2 bridgehead atoms. The fourth-order valence-electron chi connectivity index (χ4n) is 4.05. The first kappa shape index (κ1) is 10.1. The van der Waals surface area contributed by atoms with Gasteiger partial charge in [-0.25, -0.2) is 0 Å². The van der Waals surface area contributed by atoms with Crippen molar-refractivity contribution >= 4 is 0 Å². The van der Waals surface area contributed by atoms with Crippen molar-refractivity contribution in [1.82, 2.24) is 10.2 Å². The van der Waals surface area contributed by atoms with Gasteiger partial charge in [0.1, 0.15) is 0 Å². The van der Waals surface area contributed by atoms with E-state index in [0.29, 0.717) is 0 Å². The van der Waals surface area contributed by atoms with E-state index < -0.39 is 0 Å². The molecule has 2 nitrogen and oxygen atoms in total. The van der Waals surface area contributed by atoms with Gasteiger partial charge in [0.15, 0.2) is 0 Å². The number of hydrogen-bond acceptors (Lipinski definition) is 2. The van der Waals surface area contributed by atoms with E-state index in [9.17, 15) is 0 Å².